The minimum Gasteiger partial charge on any atom is -0.492 e. The summed E-state index contributed by atoms with van der Waals surface area (Å²) < 4.78 is 5.81. The minimum absolute atomic E-state index is 0.567. The summed E-state index contributed by atoms with van der Waals surface area (Å²) in [6.45, 7) is 12.7. The Kier molecular flexibility index (Phi) is 8.26. The van der Waals surface area contributed by atoms with Gasteiger partial charge in [-0.3, -0.25) is 4.90 Å². The van der Waals surface area contributed by atoms with E-state index in [2.05, 4.69) is 40.0 Å². The number of hydrogen-bond donors (Lipinski definition) is 0. The molecule has 1 saturated heterocycles. The summed E-state index contributed by atoms with van der Waals surface area (Å²) in [5.74, 6) is 0.752. The summed E-state index contributed by atoms with van der Waals surface area (Å²) >= 11 is 1.64. The van der Waals surface area contributed by atoms with Gasteiger partial charge in [0.05, 0.1) is 17.7 Å². The number of nitrogens with zero attached hydrogens (tertiary/aromatic N) is 4. The summed E-state index contributed by atoms with van der Waals surface area (Å²) in [6.07, 6.45) is 1.79. The van der Waals surface area contributed by atoms with Crippen LogP contribution in [0.1, 0.15) is 30.9 Å². The highest BCUT2D eigenvalue weighted by Crippen LogP contribution is 2.36. The van der Waals surface area contributed by atoms with Gasteiger partial charge in [0.1, 0.15) is 17.8 Å². The molecular formula is C25H30N4OS. The third kappa shape index (κ3) is 5.95. The van der Waals surface area contributed by atoms with E-state index in [0.29, 0.717) is 12.2 Å². The Hall–Kier alpha value is -2.64. The maximum atomic E-state index is 9.93. The Labute approximate surface area is 189 Å². The second-order valence-electron chi connectivity index (χ2n) is 8.08. The van der Waals surface area contributed by atoms with Gasteiger partial charge in [0.15, 0.2) is 0 Å². The summed E-state index contributed by atoms with van der Waals surface area (Å²) in [6, 6.07) is 14.0. The van der Waals surface area contributed by atoms with Gasteiger partial charge in [-0.1, -0.05) is 18.2 Å². The van der Waals surface area contributed by atoms with E-state index in [0.717, 1.165) is 69.0 Å². The minimum atomic E-state index is -0.567. The SMILES string of the molecule is C=C(C)C(C#N)(CCCN1CCN(CCOc2cccc(C#N)c2)CC1)c1ccsc1. The highest BCUT2D eigenvalue weighted by atomic mass is 32.1. The maximum Gasteiger partial charge on any atom is 0.120 e. The van der Waals surface area contributed by atoms with E-state index in [4.69, 9.17) is 10.00 Å². The maximum absolute atomic E-state index is 9.93. The molecule has 6 heteroatoms. The normalized spacial score (nSPS) is 16.7. The van der Waals surface area contributed by atoms with E-state index >= 15 is 0 Å². The zero-order valence-electron chi connectivity index (χ0n) is 18.2. The van der Waals surface area contributed by atoms with Crippen molar-refractivity contribution in [1.29, 1.82) is 10.5 Å². The standard InChI is InChI=1S/C25H30N4OS/c1-21(2)25(20-27,23-7-16-31-19-23)8-4-9-28-10-12-29(13-11-28)14-15-30-24-6-3-5-22(17-24)18-26/h3,5-7,16-17,19H,1,4,8-15H2,2H3. The third-order valence-electron chi connectivity index (χ3n) is 6.06. The highest BCUT2D eigenvalue weighted by molar-refractivity contribution is 7.08. The first-order chi connectivity index (χ1) is 15.1. The zero-order chi connectivity index (χ0) is 22.1. The molecule has 2 heterocycles. The molecule has 31 heavy (non-hydrogen) atoms. The number of allylic oxidation sites excluding steroid dienone is 1. The van der Waals surface area contributed by atoms with Gasteiger partial charge in [-0.2, -0.15) is 21.9 Å². The molecule has 5 nitrogen and oxygen atoms in total. The topological polar surface area (TPSA) is 63.3 Å². The van der Waals surface area contributed by atoms with Gasteiger partial charge in [-0.05, 0) is 66.9 Å². The van der Waals surface area contributed by atoms with E-state index in [-0.39, 0.29) is 0 Å². The second kappa shape index (κ2) is 11.1. The van der Waals surface area contributed by atoms with Gasteiger partial charge < -0.3 is 9.64 Å². The summed E-state index contributed by atoms with van der Waals surface area (Å²) in [5, 5.41) is 23.0. The Morgan fingerprint density at radius 3 is 2.52 bits per heavy atom. The van der Waals surface area contributed by atoms with Crippen LogP contribution in [0.2, 0.25) is 0 Å². The summed E-state index contributed by atoms with van der Waals surface area (Å²) in [7, 11) is 0. The average Bonchev–Trinajstić information content (AvgIpc) is 3.33. The Morgan fingerprint density at radius 2 is 1.90 bits per heavy atom. The van der Waals surface area contributed by atoms with E-state index in [1.807, 2.05) is 24.4 Å². The van der Waals surface area contributed by atoms with E-state index in [9.17, 15) is 5.26 Å². The molecule has 0 N–H and O–H groups in total. The Bertz CT molecular complexity index is 935. The molecule has 0 radical (unpaired) electrons. The van der Waals surface area contributed by atoms with Crippen molar-refractivity contribution < 1.29 is 4.74 Å². The lowest BCUT2D eigenvalue weighted by Crippen LogP contribution is -2.47. The van der Waals surface area contributed by atoms with Crippen LogP contribution in [-0.4, -0.2) is 55.7 Å². The first-order valence-electron chi connectivity index (χ1n) is 10.7. The fraction of sp³-hybridized carbons (Fsp3) is 0.440. The number of thiophene rings is 1. The largest absolute Gasteiger partial charge is 0.492 e. The highest BCUT2D eigenvalue weighted by Gasteiger charge is 2.33. The Balaban J connectivity index is 1.38. The van der Waals surface area contributed by atoms with Crippen molar-refractivity contribution in [2.75, 3.05) is 45.9 Å². The fourth-order valence-corrected chi connectivity index (χ4v) is 4.81. The fourth-order valence-electron chi connectivity index (χ4n) is 4.08. The van der Waals surface area contributed by atoms with Crippen molar-refractivity contribution in [3.8, 4) is 17.9 Å². The van der Waals surface area contributed by atoms with Crippen LogP contribution in [0.25, 0.3) is 0 Å². The van der Waals surface area contributed by atoms with E-state index in [1.165, 1.54) is 0 Å². The molecule has 1 aromatic heterocycles. The van der Waals surface area contributed by atoms with Crippen LogP contribution in [0.15, 0.2) is 53.2 Å². The molecule has 0 spiro atoms. The van der Waals surface area contributed by atoms with Crippen molar-refractivity contribution in [2.24, 2.45) is 0 Å². The van der Waals surface area contributed by atoms with Gasteiger partial charge in [0, 0.05) is 32.7 Å². The smallest absolute Gasteiger partial charge is 0.120 e. The van der Waals surface area contributed by atoms with Gasteiger partial charge in [-0.15, -0.1) is 0 Å². The lowest BCUT2D eigenvalue weighted by Gasteiger charge is -2.35. The van der Waals surface area contributed by atoms with Gasteiger partial charge in [-0.25, -0.2) is 0 Å². The molecule has 0 bridgehead atoms. The van der Waals surface area contributed by atoms with Crippen LogP contribution >= 0.6 is 11.3 Å². The number of nitriles is 2. The van der Waals surface area contributed by atoms with Gasteiger partial charge in [0.2, 0.25) is 0 Å². The van der Waals surface area contributed by atoms with Crippen molar-refractivity contribution in [3.05, 3.63) is 64.4 Å². The average molecular weight is 435 g/mol. The zero-order valence-corrected chi connectivity index (χ0v) is 19.0. The predicted molar refractivity (Wildman–Crippen MR) is 125 cm³/mol. The molecule has 162 valence electrons. The van der Waals surface area contributed by atoms with E-state index < -0.39 is 5.41 Å². The number of benzene rings is 1. The molecule has 1 unspecified atom stereocenters. The number of ether oxygens (including phenoxy) is 1. The summed E-state index contributed by atoms with van der Waals surface area (Å²) in [5.41, 5.74) is 2.07. The lowest BCUT2D eigenvalue weighted by atomic mass is 9.74. The van der Waals surface area contributed by atoms with Crippen molar-refractivity contribution in [2.45, 2.75) is 25.2 Å². The quantitative estimate of drug-likeness (QED) is 0.518. The van der Waals surface area contributed by atoms with E-state index in [1.54, 1.807) is 23.5 Å². The van der Waals surface area contributed by atoms with Crippen LogP contribution in [0.4, 0.5) is 0 Å². The molecule has 1 aliphatic heterocycles. The molecule has 0 aliphatic carbocycles. The van der Waals surface area contributed by atoms with Crippen LogP contribution in [0.3, 0.4) is 0 Å². The number of rotatable bonds is 10. The molecule has 1 aromatic carbocycles. The van der Waals surface area contributed by atoms with Crippen LogP contribution < -0.4 is 4.74 Å². The molecule has 2 aromatic rings. The molecule has 1 atom stereocenters. The van der Waals surface area contributed by atoms with Crippen molar-refractivity contribution in [3.63, 3.8) is 0 Å². The predicted octanol–water partition coefficient (Wildman–Crippen LogP) is 4.43. The first-order valence-corrected chi connectivity index (χ1v) is 11.7. The third-order valence-corrected chi connectivity index (χ3v) is 6.75. The van der Waals surface area contributed by atoms with Crippen LogP contribution in [-0.2, 0) is 5.41 Å². The van der Waals surface area contributed by atoms with Crippen molar-refractivity contribution >= 4 is 11.3 Å². The molecule has 3 rings (SSSR count). The van der Waals surface area contributed by atoms with Crippen LogP contribution in [0, 0.1) is 22.7 Å². The molecule has 0 saturated carbocycles. The first kappa shape index (κ1) is 23.0. The monoisotopic (exact) mass is 434 g/mol. The second-order valence-corrected chi connectivity index (χ2v) is 8.86. The Morgan fingerprint density at radius 1 is 1.16 bits per heavy atom. The molecule has 1 fully saturated rings. The molecule has 1 aliphatic rings. The summed E-state index contributed by atoms with van der Waals surface area (Å²) in [4.78, 5) is 4.91. The number of hydrogen-bond acceptors (Lipinski definition) is 6. The van der Waals surface area contributed by atoms with Gasteiger partial charge >= 0.3 is 0 Å². The molecular weight excluding hydrogens is 404 g/mol. The molecule has 0 amide bonds. The van der Waals surface area contributed by atoms with Crippen LogP contribution in [0.5, 0.6) is 5.75 Å². The van der Waals surface area contributed by atoms with Crippen molar-refractivity contribution in [1.82, 2.24) is 9.80 Å². The number of piperazine rings is 1. The van der Waals surface area contributed by atoms with Gasteiger partial charge in [0.25, 0.3) is 0 Å². The lowest BCUT2D eigenvalue weighted by molar-refractivity contribution is 0.115.